The molecule has 0 aliphatic heterocycles. The molecule has 1 amide bonds. The average molecular weight is 510 g/mol. The third kappa shape index (κ3) is 5.15. The van der Waals surface area contributed by atoms with Crippen LogP contribution in [0.3, 0.4) is 0 Å². The third-order valence-electron chi connectivity index (χ3n) is 5.30. The molecule has 0 saturated heterocycles. The number of sulfone groups is 1. The summed E-state index contributed by atoms with van der Waals surface area (Å²) < 4.78 is 46.7. The molecule has 4 N–H and O–H groups in total. The molecule has 0 fully saturated rings. The molecule has 0 radical (unpaired) electrons. The summed E-state index contributed by atoms with van der Waals surface area (Å²) in [7, 11) is -2.63. The number of ether oxygens (including phenoxy) is 1. The Morgan fingerprint density at radius 1 is 1.08 bits per heavy atom. The number of carbonyl (C=O) groups is 1. The average Bonchev–Trinajstić information content (AvgIpc) is 3.16. The van der Waals surface area contributed by atoms with Gasteiger partial charge in [-0.1, -0.05) is 24.3 Å². The predicted octanol–water partition coefficient (Wildman–Crippen LogP) is 4.14. The van der Waals surface area contributed by atoms with Crippen LogP contribution in [-0.4, -0.2) is 31.2 Å². The number of aromatic nitrogens is 2. The number of anilines is 4. The van der Waals surface area contributed by atoms with E-state index >= 15 is 0 Å². The van der Waals surface area contributed by atoms with Gasteiger partial charge >= 0.3 is 0 Å². The van der Waals surface area contributed by atoms with Crippen LogP contribution in [0.2, 0.25) is 0 Å². The fourth-order valence-electron chi connectivity index (χ4n) is 3.56. The normalized spacial score (nSPS) is 11.2. The van der Waals surface area contributed by atoms with Crippen molar-refractivity contribution in [3.63, 3.8) is 0 Å². The monoisotopic (exact) mass is 509 g/mol. The summed E-state index contributed by atoms with van der Waals surface area (Å²) in [6.45, 7) is 1.50. The number of nitrogens with zero attached hydrogens (tertiary/aromatic N) is 2. The second kappa shape index (κ2) is 10.1. The second-order valence-corrected chi connectivity index (χ2v) is 9.81. The van der Waals surface area contributed by atoms with Crippen molar-refractivity contribution in [2.45, 2.75) is 23.3 Å². The van der Waals surface area contributed by atoms with Gasteiger partial charge in [-0.15, -0.1) is 0 Å². The van der Waals surface area contributed by atoms with Crippen molar-refractivity contribution >= 4 is 38.8 Å². The van der Waals surface area contributed by atoms with Crippen LogP contribution < -0.4 is 21.1 Å². The molecule has 36 heavy (non-hydrogen) atoms. The Bertz CT molecular complexity index is 1500. The Morgan fingerprint density at radius 3 is 2.44 bits per heavy atom. The number of nitrogens with two attached hydrogens (primary N) is 1. The lowest BCUT2D eigenvalue weighted by Gasteiger charge is -2.11. The maximum atomic E-state index is 13.5. The van der Waals surface area contributed by atoms with Crippen LogP contribution in [0, 0.1) is 12.7 Å². The summed E-state index contributed by atoms with van der Waals surface area (Å²) in [5.41, 5.74) is 8.00. The zero-order valence-corrected chi connectivity index (χ0v) is 20.3. The number of halogens is 1. The van der Waals surface area contributed by atoms with E-state index in [1.54, 1.807) is 30.3 Å². The van der Waals surface area contributed by atoms with E-state index in [2.05, 4.69) is 15.7 Å². The van der Waals surface area contributed by atoms with Crippen LogP contribution in [0.4, 0.5) is 27.4 Å². The lowest BCUT2D eigenvalue weighted by Crippen LogP contribution is -2.21. The molecule has 0 atom stereocenters. The summed E-state index contributed by atoms with van der Waals surface area (Å²) in [6.07, 6.45) is 0. The van der Waals surface area contributed by atoms with Crippen LogP contribution in [0.15, 0.2) is 82.6 Å². The largest absolute Gasteiger partial charge is 0.495 e. The lowest BCUT2D eigenvalue weighted by molar-refractivity contribution is -0.116. The minimum absolute atomic E-state index is 0.00681. The third-order valence-corrected chi connectivity index (χ3v) is 7.13. The van der Waals surface area contributed by atoms with E-state index < -0.39 is 21.6 Å². The molecule has 0 aliphatic carbocycles. The number of amides is 1. The Kier molecular flexibility index (Phi) is 6.93. The topological polar surface area (TPSA) is 128 Å². The molecule has 9 nitrogen and oxygen atoms in total. The van der Waals surface area contributed by atoms with Crippen molar-refractivity contribution in [2.75, 3.05) is 23.5 Å². The zero-order chi connectivity index (χ0) is 25.9. The summed E-state index contributed by atoms with van der Waals surface area (Å²) in [5, 5.41) is 9.89. The van der Waals surface area contributed by atoms with Gasteiger partial charge in [0.1, 0.15) is 23.9 Å². The second-order valence-electron chi connectivity index (χ2n) is 7.92. The fourth-order valence-corrected chi connectivity index (χ4v) is 5.04. The minimum atomic E-state index is -4.12. The van der Waals surface area contributed by atoms with E-state index in [-0.39, 0.29) is 28.0 Å². The van der Waals surface area contributed by atoms with Gasteiger partial charge < -0.3 is 21.1 Å². The van der Waals surface area contributed by atoms with Gasteiger partial charge in [-0.05, 0) is 61.0 Å². The molecule has 3 aromatic carbocycles. The summed E-state index contributed by atoms with van der Waals surface area (Å²) in [4.78, 5) is 12.6. The van der Waals surface area contributed by atoms with Gasteiger partial charge in [0, 0.05) is 5.69 Å². The van der Waals surface area contributed by atoms with E-state index in [1.807, 2.05) is 13.0 Å². The Morgan fingerprint density at radius 2 is 1.78 bits per heavy atom. The maximum absolute atomic E-state index is 13.5. The van der Waals surface area contributed by atoms with Gasteiger partial charge in [-0.3, -0.25) is 4.79 Å². The van der Waals surface area contributed by atoms with Gasteiger partial charge in [-0.25, -0.2) is 17.5 Å². The molecule has 0 spiro atoms. The number of benzene rings is 3. The Labute approximate surface area is 207 Å². The number of nitrogens with one attached hydrogen (secondary N) is 2. The number of methoxy groups -OCH3 is 1. The van der Waals surface area contributed by atoms with Crippen molar-refractivity contribution in [1.29, 1.82) is 0 Å². The molecule has 1 heterocycles. The first-order chi connectivity index (χ1) is 17.2. The van der Waals surface area contributed by atoms with Gasteiger partial charge in [0.25, 0.3) is 0 Å². The van der Waals surface area contributed by atoms with Gasteiger partial charge in [0.15, 0.2) is 10.7 Å². The lowest BCUT2D eigenvalue weighted by atomic mass is 10.2. The highest BCUT2D eigenvalue weighted by Gasteiger charge is 2.30. The molecule has 0 aliphatic rings. The molecule has 0 unspecified atom stereocenters. The Hall–Kier alpha value is -4.38. The SMILES string of the molecule is COc1ccc(C)cc1NC(=O)Cn1nc(Nc2ccc(F)cc2)c(S(=O)(=O)c2ccccc2)c1N. The van der Waals surface area contributed by atoms with E-state index in [0.29, 0.717) is 17.1 Å². The van der Waals surface area contributed by atoms with Crippen molar-refractivity contribution in [3.8, 4) is 5.75 Å². The summed E-state index contributed by atoms with van der Waals surface area (Å²) in [5.74, 6) is -0.803. The first kappa shape index (κ1) is 24.7. The number of hydrogen-bond donors (Lipinski definition) is 3. The predicted molar refractivity (Wildman–Crippen MR) is 135 cm³/mol. The van der Waals surface area contributed by atoms with Crippen LogP contribution >= 0.6 is 0 Å². The Balaban J connectivity index is 1.71. The number of aryl methyl sites for hydroxylation is 1. The maximum Gasteiger partial charge on any atom is 0.246 e. The molecular formula is C25H24FN5O4S. The number of nitrogen functional groups attached to an aromatic ring is 1. The van der Waals surface area contributed by atoms with Gasteiger partial charge in [0.2, 0.25) is 15.7 Å². The van der Waals surface area contributed by atoms with Gasteiger partial charge in [0.05, 0.1) is 17.7 Å². The molecular weight excluding hydrogens is 485 g/mol. The molecule has 0 bridgehead atoms. The smallest absolute Gasteiger partial charge is 0.246 e. The summed E-state index contributed by atoms with van der Waals surface area (Å²) in [6, 6.07) is 18.3. The number of rotatable bonds is 8. The highest BCUT2D eigenvalue weighted by atomic mass is 32.2. The van der Waals surface area contributed by atoms with Crippen LogP contribution in [0.5, 0.6) is 5.75 Å². The van der Waals surface area contributed by atoms with E-state index in [1.165, 1.54) is 43.5 Å². The molecule has 1 aromatic heterocycles. The first-order valence-corrected chi connectivity index (χ1v) is 12.3. The van der Waals surface area contributed by atoms with Crippen molar-refractivity contribution in [2.24, 2.45) is 0 Å². The molecule has 0 saturated carbocycles. The summed E-state index contributed by atoms with van der Waals surface area (Å²) >= 11 is 0. The molecule has 4 aromatic rings. The number of hydrogen-bond acceptors (Lipinski definition) is 7. The molecule has 4 rings (SSSR count). The van der Waals surface area contributed by atoms with Gasteiger partial charge in [-0.2, -0.15) is 5.10 Å². The van der Waals surface area contributed by atoms with Crippen molar-refractivity contribution in [3.05, 3.63) is 84.2 Å². The fraction of sp³-hybridized carbons (Fsp3) is 0.120. The quantitative estimate of drug-likeness (QED) is 0.326. The number of carbonyl (C=O) groups excluding carboxylic acids is 1. The van der Waals surface area contributed by atoms with E-state index in [0.717, 1.165) is 10.2 Å². The zero-order valence-electron chi connectivity index (χ0n) is 19.5. The minimum Gasteiger partial charge on any atom is -0.495 e. The molecule has 186 valence electrons. The van der Waals surface area contributed by atoms with Crippen LogP contribution in [0.1, 0.15) is 5.56 Å². The van der Waals surface area contributed by atoms with Crippen LogP contribution in [0.25, 0.3) is 0 Å². The molecule has 11 heteroatoms. The van der Waals surface area contributed by atoms with E-state index in [9.17, 15) is 17.6 Å². The van der Waals surface area contributed by atoms with Crippen molar-refractivity contribution < 1.29 is 22.3 Å². The standard InChI is InChI=1S/C25H24FN5O4S/c1-16-8-13-21(35-2)20(14-16)29-22(32)15-31-24(27)23(36(33,34)19-6-4-3-5-7-19)25(30-31)28-18-11-9-17(26)10-12-18/h3-14H,15,27H2,1-2H3,(H,28,30)(H,29,32). The van der Waals surface area contributed by atoms with Crippen molar-refractivity contribution in [1.82, 2.24) is 9.78 Å². The van der Waals surface area contributed by atoms with Crippen LogP contribution in [-0.2, 0) is 21.2 Å². The highest BCUT2D eigenvalue weighted by molar-refractivity contribution is 7.91. The first-order valence-electron chi connectivity index (χ1n) is 10.8. The van der Waals surface area contributed by atoms with E-state index in [4.69, 9.17) is 10.5 Å². The highest BCUT2D eigenvalue weighted by Crippen LogP contribution is 2.34.